The highest BCUT2D eigenvalue weighted by Gasteiger charge is 2.24. The highest BCUT2D eigenvalue weighted by atomic mass is 35.5. The summed E-state index contributed by atoms with van der Waals surface area (Å²) < 4.78 is 32.4. The fourth-order valence-corrected chi connectivity index (χ4v) is 4.03. The largest absolute Gasteiger partial charge is 0.495 e. The zero-order valence-corrected chi connectivity index (χ0v) is 14.5. The van der Waals surface area contributed by atoms with E-state index >= 15 is 0 Å². The van der Waals surface area contributed by atoms with E-state index in [0.29, 0.717) is 18.1 Å². The Morgan fingerprint density at radius 2 is 1.90 bits per heavy atom. The molecule has 0 aliphatic heterocycles. The van der Waals surface area contributed by atoms with Crippen molar-refractivity contribution in [3.8, 4) is 5.75 Å². The fraction of sp³-hybridized carbons (Fsp3) is 0.538. The van der Waals surface area contributed by atoms with Crippen LogP contribution in [0.25, 0.3) is 0 Å². The van der Waals surface area contributed by atoms with Gasteiger partial charge in [0.15, 0.2) is 0 Å². The van der Waals surface area contributed by atoms with Crippen molar-refractivity contribution in [3.63, 3.8) is 0 Å². The van der Waals surface area contributed by atoms with Crippen molar-refractivity contribution in [3.05, 3.63) is 22.2 Å². The van der Waals surface area contributed by atoms with E-state index in [0.717, 1.165) is 0 Å². The second kappa shape index (κ2) is 7.65. The number of nitrogens with two attached hydrogens (primary N) is 1. The minimum atomic E-state index is -3.80. The first kappa shape index (κ1) is 18.5. The lowest BCUT2D eigenvalue weighted by Gasteiger charge is -2.19. The van der Waals surface area contributed by atoms with E-state index in [4.69, 9.17) is 33.7 Å². The van der Waals surface area contributed by atoms with Gasteiger partial charge in [-0.15, -0.1) is 0 Å². The number of hydrogen-bond donors (Lipinski definition) is 2. The van der Waals surface area contributed by atoms with Gasteiger partial charge in [0.2, 0.25) is 10.0 Å². The van der Waals surface area contributed by atoms with Gasteiger partial charge in [-0.1, -0.05) is 37.0 Å². The average Bonchev–Trinajstić information content (AvgIpc) is 2.39. The van der Waals surface area contributed by atoms with Gasteiger partial charge < -0.3 is 10.5 Å². The number of methoxy groups -OCH3 is 1. The predicted molar refractivity (Wildman–Crippen MR) is 85.6 cm³/mol. The standard InChI is InChI=1S/C13H20Cl2N2O3S/c1-8(2)4-9(7-16)17-21(18,19)13-6-10(14)12(20-3)5-11(13)15/h5-6,8-9,17H,4,7,16H2,1-3H3. The monoisotopic (exact) mass is 354 g/mol. The Hall–Kier alpha value is -0.530. The lowest BCUT2D eigenvalue weighted by molar-refractivity contribution is 0.414. The molecule has 3 N–H and O–H groups in total. The lowest BCUT2D eigenvalue weighted by atomic mass is 10.1. The molecule has 0 heterocycles. The fourth-order valence-electron chi connectivity index (χ4n) is 1.92. The number of ether oxygens (including phenoxy) is 1. The van der Waals surface area contributed by atoms with Crippen LogP contribution >= 0.6 is 23.2 Å². The van der Waals surface area contributed by atoms with Gasteiger partial charge in [0.05, 0.1) is 17.2 Å². The third kappa shape index (κ3) is 5.00. The van der Waals surface area contributed by atoms with E-state index in [1.807, 2.05) is 13.8 Å². The molecule has 1 rings (SSSR count). The zero-order chi connectivity index (χ0) is 16.2. The van der Waals surface area contributed by atoms with Crippen molar-refractivity contribution in [2.75, 3.05) is 13.7 Å². The molecule has 8 heteroatoms. The Labute approximate surface area is 135 Å². The smallest absolute Gasteiger partial charge is 0.242 e. The summed E-state index contributed by atoms with van der Waals surface area (Å²) in [6.07, 6.45) is 0.636. The Kier molecular flexibility index (Phi) is 6.74. The molecular formula is C13H20Cl2N2O3S. The lowest BCUT2D eigenvalue weighted by Crippen LogP contribution is -2.41. The number of sulfonamides is 1. The van der Waals surface area contributed by atoms with Gasteiger partial charge in [0.25, 0.3) is 0 Å². The summed E-state index contributed by atoms with van der Waals surface area (Å²) in [5, 5.41) is 0.222. The first-order chi connectivity index (χ1) is 9.71. The van der Waals surface area contributed by atoms with Gasteiger partial charge in [-0.25, -0.2) is 13.1 Å². The molecule has 120 valence electrons. The predicted octanol–water partition coefficient (Wildman–Crippen LogP) is 2.65. The highest BCUT2D eigenvalue weighted by Crippen LogP contribution is 2.33. The van der Waals surface area contributed by atoms with E-state index < -0.39 is 10.0 Å². The SMILES string of the molecule is COc1cc(Cl)c(S(=O)(=O)NC(CN)CC(C)C)cc1Cl. The minimum absolute atomic E-state index is 0.0454. The van der Waals surface area contributed by atoms with E-state index in [2.05, 4.69) is 4.72 Å². The maximum atomic E-state index is 12.4. The summed E-state index contributed by atoms with van der Waals surface area (Å²) in [4.78, 5) is -0.0860. The van der Waals surface area contributed by atoms with Crippen LogP contribution in [0.15, 0.2) is 17.0 Å². The van der Waals surface area contributed by atoms with Crippen molar-refractivity contribution >= 4 is 33.2 Å². The van der Waals surface area contributed by atoms with Crippen molar-refractivity contribution in [2.45, 2.75) is 31.2 Å². The molecule has 1 aromatic carbocycles. The summed E-state index contributed by atoms with van der Waals surface area (Å²) in [5.74, 6) is 0.634. The number of nitrogens with one attached hydrogen (secondary N) is 1. The van der Waals surface area contributed by atoms with Crippen LogP contribution in [-0.2, 0) is 10.0 Å². The van der Waals surface area contributed by atoms with Gasteiger partial charge in [0, 0.05) is 18.7 Å². The van der Waals surface area contributed by atoms with Crippen LogP contribution in [0.1, 0.15) is 20.3 Å². The first-order valence-corrected chi connectivity index (χ1v) is 8.70. The van der Waals surface area contributed by atoms with Crippen LogP contribution < -0.4 is 15.2 Å². The van der Waals surface area contributed by atoms with Gasteiger partial charge in [-0.3, -0.25) is 0 Å². The molecule has 0 spiro atoms. The molecule has 0 saturated heterocycles. The second-order valence-electron chi connectivity index (χ2n) is 5.10. The topological polar surface area (TPSA) is 81.4 Å². The van der Waals surface area contributed by atoms with Crippen LogP contribution in [-0.4, -0.2) is 28.1 Å². The molecule has 21 heavy (non-hydrogen) atoms. The number of halogens is 2. The molecule has 1 unspecified atom stereocenters. The molecule has 0 bridgehead atoms. The Morgan fingerprint density at radius 3 is 2.38 bits per heavy atom. The van der Waals surface area contributed by atoms with Crippen LogP contribution in [0.3, 0.4) is 0 Å². The van der Waals surface area contributed by atoms with Crippen LogP contribution in [0.5, 0.6) is 5.75 Å². The molecule has 0 fully saturated rings. The van der Waals surface area contributed by atoms with Crippen LogP contribution in [0, 0.1) is 5.92 Å². The molecule has 0 radical (unpaired) electrons. The quantitative estimate of drug-likeness (QED) is 0.788. The molecule has 1 atom stereocenters. The molecule has 0 aliphatic rings. The van der Waals surface area contributed by atoms with Gasteiger partial charge in [-0.05, 0) is 18.4 Å². The number of benzene rings is 1. The second-order valence-corrected chi connectivity index (χ2v) is 7.60. The van der Waals surface area contributed by atoms with Gasteiger partial charge >= 0.3 is 0 Å². The zero-order valence-electron chi connectivity index (χ0n) is 12.2. The minimum Gasteiger partial charge on any atom is -0.495 e. The number of rotatable bonds is 7. The van der Waals surface area contributed by atoms with E-state index in [1.165, 1.54) is 19.2 Å². The van der Waals surface area contributed by atoms with Crippen LogP contribution in [0.2, 0.25) is 10.0 Å². The molecular weight excluding hydrogens is 335 g/mol. The average molecular weight is 355 g/mol. The number of hydrogen-bond acceptors (Lipinski definition) is 4. The third-order valence-electron chi connectivity index (χ3n) is 2.86. The Bertz CT molecular complexity index is 591. The van der Waals surface area contributed by atoms with Crippen molar-refractivity contribution in [2.24, 2.45) is 11.7 Å². The maximum Gasteiger partial charge on any atom is 0.242 e. The molecule has 0 aliphatic carbocycles. The van der Waals surface area contributed by atoms with E-state index in [-0.39, 0.29) is 27.5 Å². The van der Waals surface area contributed by atoms with E-state index in [1.54, 1.807) is 0 Å². The summed E-state index contributed by atoms with van der Waals surface area (Å²) in [6, 6.07) is 2.29. The van der Waals surface area contributed by atoms with Crippen LogP contribution in [0.4, 0.5) is 0 Å². The Balaban J connectivity index is 3.10. The van der Waals surface area contributed by atoms with Gasteiger partial charge in [-0.2, -0.15) is 0 Å². The molecule has 0 saturated carbocycles. The summed E-state index contributed by atoms with van der Waals surface area (Å²) in [5.41, 5.74) is 5.61. The molecule has 0 aromatic heterocycles. The maximum absolute atomic E-state index is 12.4. The molecule has 0 amide bonds. The summed E-state index contributed by atoms with van der Waals surface area (Å²) >= 11 is 12.0. The van der Waals surface area contributed by atoms with E-state index in [9.17, 15) is 8.42 Å². The van der Waals surface area contributed by atoms with Crippen molar-refractivity contribution < 1.29 is 13.2 Å². The van der Waals surface area contributed by atoms with Crippen molar-refractivity contribution in [1.29, 1.82) is 0 Å². The summed E-state index contributed by atoms with van der Waals surface area (Å²) in [6.45, 7) is 4.20. The summed E-state index contributed by atoms with van der Waals surface area (Å²) in [7, 11) is -2.37. The molecule has 1 aromatic rings. The van der Waals surface area contributed by atoms with Gasteiger partial charge in [0.1, 0.15) is 10.6 Å². The first-order valence-electron chi connectivity index (χ1n) is 6.46. The highest BCUT2D eigenvalue weighted by molar-refractivity contribution is 7.89. The Morgan fingerprint density at radius 1 is 1.29 bits per heavy atom. The normalized spacial score (nSPS) is 13.5. The van der Waals surface area contributed by atoms with Crippen molar-refractivity contribution in [1.82, 2.24) is 4.72 Å². The molecule has 5 nitrogen and oxygen atoms in total. The third-order valence-corrected chi connectivity index (χ3v) is 5.14.